The highest BCUT2D eigenvalue weighted by Gasteiger charge is 2.23. The predicted molar refractivity (Wildman–Crippen MR) is 118 cm³/mol. The Morgan fingerprint density at radius 2 is 2.16 bits per heavy atom. The first kappa shape index (κ1) is 21.0. The minimum absolute atomic E-state index is 0.00797. The first-order chi connectivity index (χ1) is 14.9. The molecule has 3 heterocycles. The molecule has 1 unspecified atom stereocenters. The number of para-hydroxylation sites is 1. The van der Waals surface area contributed by atoms with Gasteiger partial charge < -0.3 is 14.6 Å². The Labute approximate surface area is 180 Å². The normalized spacial score (nSPS) is 16.4. The maximum absolute atomic E-state index is 13.1. The van der Waals surface area contributed by atoms with Gasteiger partial charge in [0.15, 0.2) is 0 Å². The number of aromatic amines is 1. The predicted octanol–water partition coefficient (Wildman–Crippen LogP) is 2.49. The van der Waals surface area contributed by atoms with Crippen molar-refractivity contribution in [2.75, 3.05) is 13.2 Å². The summed E-state index contributed by atoms with van der Waals surface area (Å²) in [7, 11) is 1.88. The quantitative estimate of drug-likeness (QED) is 0.618. The van der Waals surface area contributed by atoms with Gasteiger partial charge in [-0.15, -0.1) is 0 Å². The van der Waals surface area contributed by atoms with E-state index in [4.69, 9.17) is 4.74 Å². The Kier molecular flexibility index (Phi) is 5.99. The summed E-state index contributed by atoms with van der Waals surface area (Å²) in [5.74, 6) is 0.297. The van der Waals surface area contributed by atoms with E-state index in [1.54, 1.807) is 39.9 Å². The van der Waals surface area contributed by atoms with Crippen molar-refractivity contribution < 1.29 is 9.53 Å². The number of H-pyrrole nitrogens is 1. The van der Waals surface area contributed by atoms with Gasteiger partial charge in [0.05, 0.1) is 29.2 Å². The fourth-order valence-electron chi connectivity index (χ4n) is 3.95. The van der Waals surface area contributed by atoms with Gasteiger partial charge in [0.2, 0.25) is 5.91 Å². The molecular weight excluding hydrogens is 394 g/mol. The van der Waals surface area contributed by atoms with Crippen molar-refractivity contribution >= 4 is 22.9 Å². The Morgan fingerprint density at radius 3 is 2.87 bits per heavy atom. The molecule has 0 spiro atoms. The molecule has 4 rings (SSSR count). The number of hydrogen-bond acceptors (Lipinski definition) is 5. The van der Waals surface area contributed by atoms with Crippen LogP contribution in [0.5, 0.6) is 0 Å². The van der Waals surface area contributed by atoms with Crippen molar-refractivity contribution in [3.05, 3.63) is 63.5 Å². The summed E-state index contributed by atoms with van der Waals surface area (Å²) >= 11 is 0. The summed E-state index contributed by atoms with van der Waals surface area (Å²) in [6.45, 7) is 5.25. The summed E-state index contributed by atoms with van der Waals surface area (Å²) in [6, 6.07) is 7.18. The van der Waals surface area contributed by atoms with Crippen LogP contribution in [0, 0.1) is 13.8 Å². The van der Waals surface area contributed by atoms with Crippen LogP contribution in [0.1, 0.15) is 35.6 Å². The summed E-state index contributed by atoms with van der Waals surface area (Å²) in [4.78, 5) is 34.6. The molecule has 1 amide bonds. The third kappa shape index (κ3) is 4.59. The van der Waals surface area contributed by atoms with E-state index in [0.29, 0.717) is 29.9 Å². The molecular formula is C23H27N5O3. The third-order valence-corrected chi connectivity index (χ3v) is 5.72. The summed E-state index contributed by atoms with van der Waals surface area (Å²) in [5.41, 5.74) is 3.21. The second kappa shape index (κ2) is 8.85. The summed E-state index contributed by atoms with van der Waals surface area (Å²) in [6.07, 6.45) is 5.26. The van der Waals surface area contributed by atoms with E-state index < -0.39 is 0 Å². The van der Waals surface area contributed by atoms with Crippen LogP contribution in [0.25, 0.3) is 17.0 Å². The van der Waals surface area contributed by atoms with Crippen LogP contribution in [-0.4, -0.2) is 49.8 Å². The van der Waals surface area contributed by atoms with Crippen molar-refractivity contribution in [3.8, 4) is 0 Å². The number of nitrogens with one attached hydrogen (secondary N) is 1. The average molecular weight is 422 g/mol. The smallest absolute Gasteiger partial charge is 0.258 e. The van der Waals surface area contributed by atoms with Gasteiger partial charge in [-0.1, -0.05) is 12.1 Å². The fourth-order valence-corrected chi connectivity index (χ4v) is 3.95. The van der Waals surface area contributed by atoms with Crippen LogP contribution >= 0.6 is 0 Å². The van der Waals surface area contributed by atoms with Gasteiger partial charge in [-0.3, -0.25) is 14.3 Å². The molecule has 1 N–H and O–H groups in total. The maximum atomic E-state index is 13.1. The number of carbonyl (C=O) groups is 1. The lowest BCUT2D eigenvalue weighted by Gasteiger charge is -2.24. The molecule has 1 aliphatic heterocycles. The molecule has 1 fully saturated rings. The number of fused-ring (bicyclic) bond motifs is 1. The van der Waals surface area contributed by atoms with Crippen LogP contribution < -0.4 is 5.56 Å². The van der Waals surface area contributed by atoms with Crippen LogP contribution in [0.15, 0.2) is 35.1 Å². The lowest BCUT2D eigenvalue weighted by atomic mass is 10.1. The van der Waals surface area contributed by atoms with Crippen LogP contribution in [-0.2, 0) is 23.1 Å². The van der Waals surface area contributed by atoms with E-state index in [0.717, 1.165) is 29.8 Å². The van der Waals surface area contributed by atoms with Gasteiger partial charge in [-0.25, -0.2) is 4.98 Å². The number of rotatable bonds is 6. The second-order valence-electron chi connectivity index (χ2n) is 7.92. The molecule has 0 saturated carbocycles. The Balaban J connectivity index is 1.60. The van der Waals surface area contributed by atoms with Crippen molar-refractivity contribution in [2.45, 2.75) is 39.3 Å². The molecule has 0 aliphatic carbocycles. The number of aryl methyl sites for hydroxylation is 2. The van der Waals surface area contributed by atoms with Crippen molar-refractivity contribution in [1.82, 2.24) is 24.6 Å². The Morgan fingerprint density at radius 1 is 1.35 bits per heavy atom. The second-order valence-corrected chi connectivity index (χ2v) is 7.92. The average Bonchev–Trinajstić information content (AvgIpc) is 3.34. The lowest BCUT2D eigenvalue weighted by Crippen LogP contribution is -2.37. The summed E-state index contributed by atoms with van der Waals surface area (Å²) < 4.78 is 7.54. The number of carbonyl (C=O) groups excluding carboxylic acids is 1. The Bertz CT molecular complexity index is 1190. The number of nitrogens with zero attached hydrogens (tertiary/aromatic N) is 4. The highest BCUT2D eigenvalue weighted by atomic mass is 16.5. The monoisotopic (exact) mass is 421 g/mol. The summed E-state index contributed by atoms with van der Waals surface area (Å²) in [5, 5.41) is 4.93. The third-order valence-electron chi connectivity index (χ3n) is 5.72. The SMILES string of the molecule is Cc1nn(C)c(C)c1C=CC(=O)N(Cc1nc2ccccc2c(=O)[nH]1)CC1CCCO1. The number of ether oxygens (including phenoxy) is 1. The van der Waals surface area contributed by atoms with E-state index in [1.165, 1.54) is 0 Å². The van der Waals surface area contributed by atoms with Gasteiger partial charge >= 0.3 is 0 Å². The van der Waals surface area contributed by atoms with E-state index >= 15 is 0 Å². The minimum Gasteiger partial charge on any atom is -0.376 e. The molecule has 1 saturated heterocycles. The first-order valence-corrected chi connectivity index (χ1v) is 10.5. The van der Waals surface area contributed by atoms with Crippen LogP contribution in [0.4, 0.5) is 0 Å². The van der Waals surface area contributed by atoms with Gasteiger partial charge in [0, 0.05) is 37.5 Å². The van der Waals surface area contributed by atoms with Crippen LogP contribution in [0.3, 0.4) is 0 Å². The van der Waals surface area contributed by atoms with Gasteiger partial charge in [-0.2, -0.15) is 5.10 Å². The molecule has 2 aromatic heterocycles. The molecule has 162 valence electrons. The molecule has 1 aliphatic rings. The molecule has 8 nitrogen and oxygen atoms in total. The number of amides is 1. The van der Waals surface area contributed by atoms with Crippen molar-refractivity contribution in [3.63, 3.8) is 0 Å². The molecule has 3 aromatic rings. The molecule has 1 aromatic carbocycles. The van der Waals surface area contributed by atoms with Crippen molar-refractivity contribution in [2.24, 2.45) is 7.05 Å². The minimum atomic E-state index is -0.206. The van der Waals surface area contributed by atoms with E-state index in [2.05, 4.69) is 15.1 Å². The topological polar surface area (TPSA) is 93.1 Å². The van der Waals surface area contributed by atoms with E-state index in [-0.39, 0.29) is 24.1 Å². The zero-order chi connectivity index (χ0) is 22.0. The molecule has 31 heavy (non-hydrogen) atoms. The van der Waals surface area contributed by atoms with Gasteiger partial charge in [0.1, 0.15) is 5.82 Å². The lowest BCUT2D eigenvalue weighted by molar-refractivity contribution is -0.128. The van der Waals surface area contributed by atoms with Gasteiger partial charge in [-0.05, 0) is 44.9 Å². The number of hydrogen-bond donors (Lipinski definition) is 1. The van der Waals surface area contributed by atoms with Crippen LogP contribution in [0.2, 0.25) is 0 Å². The number of benzene rings is 1. The standard InChI is InChI=1S/C23H27N5O3/c1-15-18(16(2)27(3)26-15)10-11-22(29)28(13-17-7-6-12-31-17)14-21-24-20-9-5-4-8-19(20)23(30)25-21/h4-5,8-11,17H,6-7,12-14H2,1-3H3,(H,24,25,30). The van der Waals surface area contributed by atoms with E-state index in [1.807, 2.05) is 27.0 Å². The van der Waals surface area contributed by atoms with Gasteiger partial charge in [0.25, 0.3) is 5.56 Å². The molecule has 0 bridgehead atoms. The van der Waals surface area contributed by atoms with Crippen molar-refractivity contribution in [1.29, 1.82) is 0 Å². The Hall–Kier alpha value is -3.26. The molecule has 0 radical (unpaired) electrons. The highest BCUT2D eigenvalue weighted by Crippen LogP contribution is 2.17. The highest BCUT2D eigenvalue weighted by molar-refractivity contribution is 5.92. The largest absolute Gasteiger partial charge is 0.376 e. The van der Waals surface area contributed by atoms with E-state index in [9.17, 15) is 9.59 Å². The molecule has 8 heteroatoms. The zero-order valence-corrected chi connectivity index (χ0v) is 18.1. The maximum Gasteiger partial charge on any atom is 0.258 e. The first-order valence-electron chi connectivity index (χ1n) is 10.5. The molecule has 1 atom stereocenters. The zero-order valence-electron chi connectivity index (χ0n) is 18.1. The fraction of sp³-hybridized carbons (Fsp3) is 0.391. The number of aromatic nitrogens is 4.